The molecule has 0 bridgehead atoms. The van der Waals surface area contributed by atoms with Gasteiger partial charge in [0.05, 0.1) is 25.4 Å². The Labute approximate surface area is 202 Å². The number of aliphatic hydroxyl groups excluding tert-OH is 4. The van der Waals surface area contributed by atoms with Crippen molar-refractivity contribution in [3.8, 4) is 0 Å². The molecule has 7 heteroatoms. The summed E-state index contributed by atoms with van der Waals surface area (Å²) in [7, 11) is 0. The van der Waals surface area contributed by atoms with Crippen molar-refractivity contribution >= 4 is 11.9 Å². The summed E-state index contributed by atoms with van der Waals surface area (Å²) in [6.45, 7) is -1.13. The Bertz CT molecular complexity index is 745. The van der Waals surface area contributed by atoms with E-state index in [0.717, 1.165) is 44.9 Å². The van der Waals surface area contributed by atoms with Gasteiger partial charge in [0.1, 0.15) is 5.92 Å². The van der Waals surface area contributed by atoms with Crippen molar-refractivity contribution in [3.63, 3.8) is 0 Å². The Morgan fingerprint density at radius 3 is 2.50 bits per heavy atom. The van der Waals surface area contributed by atoms with Crippen LogP contribution < -0.4 is 0 Å². The molecule has 1 aliphatic carbocycles. The SMILES string of the molecule is O=C(CCC/C=C\C[C@@H]1[C@@H](CC[C@@H](O)CCc2ccccc2)CC[C@@H]1O)OC(=O)C(CO)CO. The Morgan fingerprint density at radius 1 is 1.06 bits per heavy atom. The molecule has 1 aliphatic rings. The van der Waals surface area contributed by atoms with Crippen LogP contribution in [0.25, 0.3) is 0 Å². The molecule has 0 heterocycles. The maximum atomic E-state index is 11.7. The molecule has 2 rings (SSSR count). The summed E-state index contributed by atoms with van der Waals surface area (Å²) in [6.07, 6.45) is 10.5. The number of benzene rings is 1. The predicted octanol–water partition coefficient (Wildman–Crippen LogP) is 2.93. The van der Waals surface area contributed by atoms with E-state index in [9.17, 15) is 19.8 Å². The van der Waals surface area contributed by atoms with Crippen LogP contribution >= 0.6 is 0 Å². The third kappa shape index (κ3) is 10.1. The van der Waals surface area contributed by atoms with Crippen LogP contribution in [-0.4, -0.2) is 57.8 Å². The van der Waals surface area contributed by atoms with Crippen molar-refractivity contribution in [1.82, 2.24) is 0 Å². The summed E-state index contributed by atoms with van der Waals surface area (Å²) in [5, 5.41) is 38.6. The van der Waals surface area contributed by atoms with Crippen LogP contribution in [0.3, 0.4) is 0 Å². The highest BCUT2D eigenvalue weighted by molar-refractivity contribution is 5.86. The molecule has 0 aliphatic heterocycles. The molecule has 34 heavy (non-hydrogen) atoms. The topological polar surface area (TPSA) is 124 Å². The van der Waals surface area contributed by atoms with Gasteiger partial charge in [0.25, 0.3) is 0 Å². The first-order valence-corrected chi connectivity index (χ1v) is 12.5. The van der Waals surface area contributed by atoms with E-state index in [1.807, 2.05) is 30.4 Å². The van der Waals surface area contributed by atoms with Gasteiger partial charge in [-0.25, -0.2) is 0 Å². The van der Waals surface area contributed by atoms with E-state index in [0.29, 0.717) is 18.8 Å². The molecule has 0 spiro atoms. The number of allylic oxidation sites excluding steroid dienone is 2. The number of ether oxygens (including phenoxy) is 1. The van der Waals surface area contributed by atoms with E-state index in [-0.39, 0.29) is 24.5 Å². The van der Waals surface area contributed by atoms with Crippen LogP contribution in [0.15, 0.2) is 42.5 Å². The van der Waals surface area contributed by atoms with E-state index in [4.69, 9.17) is 10.2 Å². The van der Waals surface area contributed by atoms with Crippen molar-refractivity contribution in [2.75, 3.05) is 13.2 Å². The zero-order valence-electron chi connectivity index (χ0n) is 19.9. The van der Waals surface area contributed by atoms with Crippen molar-refractivity contribution in [3.05, 3.63) is 48.0 Å². The lowest BCUT2D eigenvalue weighted by Gasteiger charge is -2.22. The smallest absolute Gasteiger partial charge is 0.321 e. The van der Waals surface area contributed by atoms with Gasteiger partial charge < -0.3 is 25.2 Å². The molecule has 0 radical (unpaired) electrons. The Kier molecular flexibility index (Phi) is 13.1. The molecular weight excluding hydrogens is 436 g/mol. The number of aliphatic hydroxyl groups is 4. The maximum absolute atomic E-state index is 11.7. The standard InChI is InChI=1S/C27H40O7/c28-18-22(19-29)27(33)34-26(32)11-7-2-1-6-10-24-21(14-17-25(24)31)13-16-23(30)15-12-20-8-4-3-5-9-20/h1,3-6,8-9,21-25,28-31H,2,7,10-19H2/b6-1-/t21-,23-,24+,25-/m0/s1. The third-order valence-corrected chi connectivity index (χ3v) is 6.73. The summed E-state index contributed by atoms with van der Waals surface area (Å²) >= 11 is 0. The van der Waals surface area contributed by atoms with Gasteiger partial charge in [0.15, 0.2) is 0 Å². The summed E-state index contributed by atoms with van der Waals surface area (Å²) in [5.74, 6) is -2.06. The lowest BCUT2D eigenvalue weighted by Crippen LogP contribution is -2.26. The minimum absolute atomic E-state index is 0.0786. The fraction of sp³-hybridized carbons (Fsp3) is 0.630. The largest absolute Gasteiger partial charge is 0.395 e. The van der Waals surface area contributed by atoms with E-state index < -0.39 is 31.1 Å². The molecule has 190 valence electrons. The van der Waals surface area contributed by atoms with Gasteiger partial charge in [0, 0.05) is 6.42 Å². The van der Waals surface area contributed by atoms with Crippen molar-refractivity contribution < 1.29 is 34.8 Å². The number of aryl methyl sites for hydroxylation is 1. The number of unbranched alkanes of at least 4 members (excludes halogenated alkanes) is 1. The van der Waals surface area contributed by atoms with Crippen LogP contribution in [-0.2, 0) is 20.7 Å². The van der Waals surface area contributed by atoms with Crippen LogP contribution in [0.4, 0.5) is 0 Å². The van der Waals surface area contributed by atoms with Crippen molar-refractivity contribution in [2.24, 2.45) is 17.8 Å². The molecule has 0 aromatic heterocycles. The van der Waals surface area contributed by atoms with Crippen molar-refractivity contribution in [1.29, 1.82) is 0 Å². The maximum Gasteiger partial charge on any atom is 0.321 e. The second-order valence-corrected chi connectivity index (χ2v) is 9.28. The van der Waals surface area contributed by atoms with Crippen LogP contribution in [0.2, 0.25) is 0 Å². The highest BCUT2D eigenvalue weighted by atomic mass is 16.6. The Hall–Kier alpha value is -2.06. The molecule has 7 nitrogen and oxygen atoms in total. The molecule has 1 aromatic rings. The zero-order chi connectivity index (χ0) is 24.8. The predicted molar refractivity (Wildman–Crippen MR) is 129 cm³/mol. The average Bonchev–Trinajstić information content (AvgIpc) is 3.19. The normalized spacial score (nSPS) is 21.3. The van der Waals surface area contributed by atoms with E-state index in [2.05, 4.69) is 16.9 Å². The number of carbonyl (C=O) groups is 2. The minimum atomic E-state index is -1.08. The second-order valence-electron chi connectivity index (χ2n) is 9.28. The summed E-state index contributed by atoms with van der Waals surface area (Å²) in [4.78, 5) is 23.2. The lowest BCUT2D eigenvalue weighted by atomic mass is 9.86. The van der Waals surface area contributed by atoms with Crippen LogP contribution in [0, 0.1) is 17.8 Å². The van der Waals surface area contributed by atoms with Gasteiger partial charge in [-0.05, 0) is 75.2 Å². The van der Waals surface area contributed by atoms with Gasteiger partial charge in [-0.15, -0.1) is 0 Å². The quantitative estimate of drug-likeness (QED) is 0.133. The number of esters is 2. The highest BCUT2D eigenvalue weighted by Crippen LogP contribution is 2.38. The van der Waals surface area contributed by atoms with Gasteiger partial charge in [0.2, 0.25) is 0 Å². The molecule has 1 fully saturated rings. The number of carbonyl (C=O) groups excluding carboxylic acids is 2. The van der Waals surface area contributed by atoms with Gasteiger partial charge in [-0.2, -0.15) is 0 Å². The highest BCUT2D eigenvalue weighted by Gasteiger charge is 2.33. The number of rotatable bonds is 15. The minimum Gasteiger partial charge on any atom is -0.395 e. The molecule has 1 aromatic carbocycles. The molecule has 4 atom stereocenters. The lowest BCUT2D eigenvalue weighted by molar-refractivity contribution is -0.164. The number of hydrogen-bond donors (Lipinski definition) is 4. The average molecular weight is 477 g/mol. The van der Waals surface area contributed by atoms with E-state index in [1.165, 1.54) is 5.56 Å². The van der Waals surface area contributed by atoms with E-state index in [1.54, 1.807) is 0 Å². The fourth-order valence-corrected chi connectivity index (χ4v) is 4.55. The summed E-state index contributed by atoms with van der Waals surface area (Å²) in [6, 6.07) is 10.2. The Balaban J connectivity index is 1.63. The van der Waals surface area contributed by atoms with Gasteiger partial charge in [-0.1, -0.05) is 42.5 Å². The molecule has 4 N–H and O–H groups in total. The molecular formula is C27H40O7. The van der Waals surface area contributed by atoms with Crippen molar-refractivity contribution in [2.45, 2.75) is 76.4 Å². The summed E-state index contributed by atoms with van der Waals surface area (Å²) in [5.41, 5.74) is 1.24. The molecule has 1 saturated carbocycles. The molecule has 0 amide bonds. The first-order valence-electron chi connectivity index (χ1n) is 12.5. The van der Waals surface area contributed by atoms with Crippen LogP contribution in [0.5, 0.6) is 0 Å². The molecule has 0 unspecified atom stereocenters. The Morgan fingerprint density at radius 2 is 1.79 bits per heavy atom. The first kappa shape index (κ1) is 28.2. The zero-order valence-corrected chi connectivity index (χ0v) is 19.9. The second kappa shape index (κ2) is 15.8. The van der Waals surface area contributed by atoms with Crippen LogP contribution in [0.1, 0.15) is 63.4 Å². The summed E-state index contributed by atoms with van der Waals surface area (Å²) < 4.78 is 4.62. The van der Waals surface area contributed by atoms with Gasteiger partial charge >= 0.3 is 11.9 Å². The fourth-order valence-electron chi connectivity index (χ4n) is 4.55. The monoisotopic (exact) mass is 476 g/mol. The third-order valence-electron chi connectivity index (χ3n) is 6.73. The molecule has 0 saturated heterocycles. The van der Waals surface area contributed by atoms with Gasteiger partial charge in [-0.3, -0.25) is 9.59 Å². The number of hydrogen-bond acceptors (Lipinski definition) is 7. The van der Waals surface area contributed by atoms with E-state index >= 15 is 0 Å². The first-order chi connectivity index (χ1) is 16.4.